The summed E-state index contributed by atoms with van der Waals surface area (Å²) in [5, 5.41) is 4.60. The Kier molecular flexibility index (Phi) is 2.75. The molecule has 0 spiro atoms. The van der Waals surface area contributed by atoms with Gasteiger partial charge >= 0.3 is 0 Å². The van der Waals surface area contributed by atoms with E-state index in [1.165, 1.54) is 16.8 Å². The Bertz CT molecular complexity index is 837. The number of ketones is 1. The van der Waals surface area contributed by atoms with Crippen LogP contribution in [-0.4, -0.2) is 5.78 Å². The predicted octanol–water partition coefficient (Wildman–Crippen LogP) is 4.52. The van der Waals surface area contributed by atoms with Crippen LogP contribution in [0.2, 0.25) is 0 Å². The number of rotatable bonds is 2. The van der Waals surface area contributed by atoms with Crippen LogP contribution in [0.3, 0.4) is 0 Å². The number of benzene rings is 3. The Hall–Kier alpha value is -2.63. The van der Waals surface area contributed by atoms with Gasteiger partial charge in [0.1, 0.15) is 0 Å². The number of carbonyl (C=O) groups is 1. The molecule has 0 atom stereocenters. The third kappa shape index (κ3) is 2.08. The molecule has 1 nitrogen and oxygen atoms in total. The average molecular weight is 244 g/mol. The van der Waals surface area contributed by atoms with Gasteiger partial charge in [0.25, 0.3) is 0 Å². The summed E-state index contributed by atoms with van der Waals surface area (Å²) in [5.74, 6) is -0.0648. The number of hydrogen-bond acceptors (Lipinski definition) is 1. The first-order chi connectivity index (χ1) is 9.28. The smallest absolute Gasteiger partial charge is 0.193 e. The van der Waals surface area contributed by atoms with Gasteiger partial charge in [-0.3, -0.25) is 4.79 Å². The standard InChI is InChI=1S/C18H12O/c1-2-5-18(19)16-9-8-15-10-13-6-3-4-7-14(13)11-17(15)12-16/h3-12H,1H2. The van der Waals surface area contributed by atoms with Crippen molar-refractivity contribution in [3.63, 3.8) is 0 Å². The quantitative estimate of drug-likeness (QED) is 0.280. The van der Waals surface area contributed by atoms with Crippen molar-refractivity contribution < 1.29 is 4.79 Å². The lowest BCUT2D eigenvalue weighted by Gasteiger charge is -2.03. The summed E-state index contributed by atoms with van der Waals surface area (Å²) in [6.07, 6.45) is 1.36. The fraction of sp³-hybridized carbons (Fsp3) is 0. The Morgan fingerprint density at radius 3 is 2.21 bits per heavy atom. The van der Waals surface area contributed by atoms with Crippen LogP contribution in [-0.2, 0) is 0 Å². The lowest BCUT2D eigenvalue weighted by Crippen LogP contribution is -1.93. The first-order valence-corrected chi connectivity index (χ1v) is 6.11. The van der Waals surface area contributed by atoms with Gasteiger partial charge in [0.05, 0.1) is 0 Å². The molecule has 0 heterocycles. The summed E-state index contributed by atoms with van der Waals surface area (Å²) in [6, 6.07) is 18.2. The molecule has 19 heavy (non-hydrogen) atoms. The third-order valence-corrected chi connectivity index (χ3v) is 3.22. The molecule has 0 aliphatic rings. The lowest BCUT2D eigenvalue weighted by molar-refractivity contribution is 0.104. The van der Waals surface area contributed by atoms with Gasteiger partial charge in [-0.05, 0) is 39.7 Å². The van der Waals surface area contributed by atoms with Crippen molar-refractivity contribution in [3.05, 3.63) is 78.5 Å². The second-order valence-electron chi connectivity index (χ2n) is 4.47. The largest absolute Gasteiger partial charge is 0.289 e. The molecular formula is C18H12O. The molecule has 0 bridgehead atoms. The maximum absolute atomic E-state index is 11.8. The van der Waals surface area contributed by atoms with E-state index in [0.717, 1.165) is 10.8 Å². The van der Waals surface area contributed by atoms with Crippen molar-refractivity contribution in [1.82, 2.24) is 0 Å². The predicted molar refractivity (Wildman–Crippen MR) is 79.5 cm³/mol. The Balaban J connectivity index is 2.25. The summed E-state index contributed by atoms with van der Waals surface area (Å²) in [7, 11) is 0. The van der Waals surface area contributed by atoms with Crippen LogP contribution in [0.1, 0.15) is 10.4 Å². The van der Waals surface area contributed by atoms with Gasteiger partial charge in [-0.15, -0.1) is 5.73 Å². The molecule has 3 aromatic rings. The summed E-state index contributed by atoms with van der Waals surface area (Å²) in [4.78, 5) is 11.8. The van der Waals surface area contributed by atoms with Gasteiger partial charge in [-0.2, -0.15) is 0 Å². The molecule has 0 saturated heterocycles. The van der Waals surface area contributed by atoms with Crippen molar-refractivity contribution in [2.75, 3.05) is 0 Å². The lowest BCUT2D eigenvalue weighted by atomic mass is 10.0. The van der Waals surface area contributed by atoms with E-state index >= 15 is 0 Å². The van der Waals surface area contributed by atoms with Gasteiger partial charge in [0, 0.05) is 11.6 Å². The zero-order valence-corrected chi connectivity index (χ0v) is 10.4. The average Bonchev–Trinajstić information content (AvgIpc) is 2.44. The molecule has 0 fully saturated rings. The first kappa shape index (κ1) is 11.5. The molecule has 0 unspecified atom stereocenters. The number of hydrogen-bond donors (Lipinski definition) is 0. The van der Waals surface area contributed by atoms with Crippen molar-refractivity contribution in [2.45, 2.75) is 0 Å². The molecule has 0 aromatic heterocycles. The van der Waals surface area contributed by atoms with E-state index in [1.807, 2.05) is 30.3 Å². The molecule has 1 heteroatoms. The van der Waals surface area contributed by atoms with Crippen LogP contribution in [0.4, 0.5) is 0 Å². The van der Waals surface area contributed by atoms with E-state index in [9.17, 15) is 4.79 Å². The van der Waals surface area contributed by atoms with Crippen LogP contribution in [0.25, 0.3) is 21.5 Å². The van der Waals surface area contributed by atoms with E-state index in [-0.39, 0.29) is 5.78 Å². The molecule has 0 amide bonds. The molecule has 3 aromatic carbocycles. The molecule has 0 aliphatic heterocycles. The molecule has 0 N–H and O–H groups in total. The zero-order chi connectivity index (χ0) is 13.2. The summed E-state index contributed by atoms with van der Waals surface area (Å²) < 4.78 is 0. The molecular weight excluding hydrogens is 232 g/mol. The van der Waals surface area contributed by atoms with Crippen molar-refractivity contribution >= 4 is 27.3 Å². The monoisotopic (exact) mass is 244 g/mol. The van der Waals surface area contributed by atoms with Gasteiger partial charge in [0.2, 0.25) is 0 Å². The molecule has 90 valence electrons. The summed E-state index contributed by atoms with van der Waals surface area (Å²) >= 11 is 0. The van der Waals surface area contributed by atoms with Crippen LogP contribution in [0, 0.1) is 0 Å². The van der Waals surface area contributed by atoms with E-state index in [2.05, 4.69) is 36.6 Å². The van der Waals surface area contributed by atoms with Crippen LogP contribution in [0.15, 0.2) is 73.0 Å². The van der Waals surface area contributed by atoms with Crippen LogP contribution in [0.5, 0.6) is 0 Å². The SMILES string of the molecule is C=C=CC(=O)c1ccc2cc3ccccc3cc2c1. The highest BCUT2D eigenvalue weighted by molar-refractivity contribution is 6.08. The highest BCUT2D eigenvalue weighted by atomic mass is 16.1. The van der Waals surface area contributed by atoms with Gasteiger partial charge in [0.15, 0.2) is 5.78 Å². The normalized spacial score (nSPS) is 10.3. The highest BCUT2D eigenvalue weighted by Gasteiger charge is 2.04. The van der Waals surface area contributed by atoms with E-state index < -0.39 is 0 Å². The Morgan fingerprint density at radius 2 is 1.53 bits per heavy atom. The minimum Gasteiger partial charge on any atom is -0.289 e. The maximum Gasteiger partial charge on any atom is 0.193 e. The number of allylic oxidation sites excluding steroid dienone is 1. The van der Waals surface area contributed by atoms with Gasteiger partial charge < -0.3 is 0 Å². The number of fused-ring (bicyclic) bond motifs is 2. The summed E-state index contributed by atoms with van der Waals surface area (Å²) in [5.41, 5.74) is 3.18. The topological polar surface area (TPSA) is 17.1 Å². The fourth-order valence-electron chi connectivity index (χ4n) is 2.27. The van der Waals surface area contributed by atoms with E-state index in [0.29, 0.717) is 5.56 Å². The second kappa shape index (κ2) is 4.56. The Morgan fingerprint density at radius 1 is 0.895 bits per heavy atom. The second-order valence-corrected chi connectivity index (χ2v) is 4.47. The van der Waals surface area contributed by atoms with Crippen molar-refractivity contribution in [1.29, 1.82) is 0 Å². The summed E-state index contributed by atoms with van der Waals surface area (Å²) in [6.45, 7) is 3.43. The van der Waals surface area contributed by atoms with Crippen LogP contribution < -0.4 is 0 Å². The van der Waals surface area contributed by atoms with E-state index in [1.54, 1.807) is 0 Å². The van der Waals surface area contributed by atoms with Crippen molar-refractivity contribution in [2.24, 2.45) is 0 Å². The molecule has 0 saturated carbocycles. The Labute approximate surface area is 111 Å². The maximum atomic E-state index is 11.8. The van der Waals surface area contributed by atoms with Gasteiger partial charge in [-0.1, -0.05) is 43.0 Å². The van der Waals surface area contributed by atoms with Gasteiger partial charge in [-0.25, -0.2) is 0 Å². The minimum absolute atomic E-state index is 0.0648. The van der Waals surface area contributed by atoms with Crippen LogP contribution >= 0.6 is 0 Å². The molecule has 0 radical (unpaired) electrons. The fourth-order valence-corrected chi connectivity index (χ4v) is 2.27. The third-order valence-electron chi connectivity index (χ3n) is 3.22. The molecule has 3 rings (SSSR count). The minimum atomic E-state index is -0.0648. The van der Waals surface area contributed by atoms with E-state index in [4.69, 9.17) is 0 Å². The van der Waals surface area contributed by atoms with Crippen molar-refractivity contribution in [3.8, 4) is 0 Å². The highest BCUT2D eigenvalue weighted by Crippen LogP contribution is 2.23. The first-order valence-electron chi connectivity index (χ1n) is 6.11. The number of carbonyl (C=O) groups excluding carboxylic acids is 1. The zero-order valence-electron chi connectivity index (χ0n) is 10.4. The molecule has 0 aliphatic carbocycles.